The Morgan fingerprint density at radius 1 is 1.15 bits per heavy atom. The zero-order valence-corrected chi connectivity index (χ0v) is 18.8. The third-order valence-corrected chi connectivity index (χ3v) is 5.40. The third kappa shape index (κ3) is 5.37. The summed E-state index contributed by atoms with van der Waals surface area (Å²) in [6.07, 6.45) is 4.39. The van der Waals surface area contributed by atoms with E-state index in [9.17, 15) is 18.4 Å². The molecule has 0 radical (unpaired) electrons. The lowest BCUT2D eigenvalue weighted by Crippen LogP contribution is -2.33. The second-order valence-corrected chi connectivity index (χ2v) is 7.98. The summed E-state index contributed by atoms with van der Waals surface area (Å²) in [6, 6.07) is 11.8. The lowest BCUT2D eigenvalue weighted by atomic mass is 10.1. The Labute approximate surface area is 199 Å². The number of benzene rings is 1. The van der Waals surface area contributed by atoms with Crippen LogP contribution in [0, 0.1) is 0 Å². The van der Waals surface area contributed by atoms with Crippen LogP contribution in [0.3, 0.4) is 0 Å². The van der Waals surface area contributed by atoms with Crippen molar-refractivity contribution < 1.29 is 18.4 Å². The van der Waals surface area contributed by atoms with Gasteiger partial charge in [-0.3, -0.25) is 14.6 Å². The van der Waals surface area contributed by atoms with Crippen LogP contribution in [0.4, 0.5) is 20.2 Å². The van der Waals surface area contributed by atoms with Gasteiger partial charge in [0.2, 0.25) is 11.8 Å². The molecule has 0 unspecified atom stereocenters. The SMILES string of the molecule is CC(=O)N(CC(F)F)c1ccc(-c2ccc(NC(=O)Cc3ccc4nccn4c3)cn2)cc1Cl. The molecule has 7 nitrogen and oxygen atoms in total. The van der Waals surface area contributed by atoms with Crippen molar-refractivity contribution >= 4 is 40.4 Å². The van der Waals surface area contributed by atoms with E-state index in [0.717, 1.165) is 16.1 Å². The number of rotatable bonds is 7. The van der Waals surface area contributed by atoms with Crippen LogP contribution in [-0.4, -0.2) is 39.2 Å². The van der Waals surface area contributed by atoms with Crippen molar-refractivity contribution in [2.75, 3.05) is 16.8 Å². The number of nitrogens with zero attached hydrogens (tertiary/aromatic N) is 4. The van der Waals surface area contributed by atoms with Gasteiger partial charge in [0.1, 0.15) is 5.65 Å². The topological polar surface area (TPSA) is 79.6 Å². The van der Waals surface area contributed by atoms with Crippen LogP contribution < -0.4 is 10.2 Å². The van der Waals surface area contributed by atoms with Crippen LogP contribution in [0.2, 0.25) is 5.02 Å². The molecule has 4 aromatic rings. The Kier molecular flexibility index (Phi) is 6.83. The average molecular weight is 484 g/mol. The van der Waals surface area contributed by atoms with Crippen molar-refractivity contribution in [3.8, 4) is 11.3 Å². The number of amides is 2. The van der Waals surface area contributed by atoms with Crippen LogP contribution in [0.5, 0.6) is 0 Å². The molecule has 3 heterocycles. The molecule has 0 spiro atoms. The van der Waals surface area contributed by atoms with Gasteiger partial charge in [0.25, 0.3) is 6.43 Å². The van der Waals surface area contributed by atoms with E-state index in [1.807, 2.05) is 28.9 Å². The number of carbonyl (C=O) groups excluding carboxylic acids is 2. The van der Waals surface area contributed by atoms with Gasteiger partial charge in [-0.2, -0.15) is 0 Å². The summed E-state index contributed by atoms with van der Waals surface area (Å²) < 4.78 is 27.5. The molecule has 3 aromatic heterocycles. The predicted octanol–water partition coefficient (Wildman–Crippen LogP) is 4.85. The highest BCUT2D eigenvalue weighted by atomic mass is 35.5. The van der Waals surface area contributed by atoms with Crippen molar-refractivity contribution in [2.24, 2.45) is 0 Å². The van der Waals surface area contributed by atoms with Crippen molar-refractivity contribution in [1.82, 2.24) is 14.4 Å². The highest BCUT2D eigenvalue weighted by Crippen LogP contribution is 2.31. The molecule has 10 heteroatoms. The Balaban J connectivity index is 1.44. The minimum atomic E-state index is -2.68. The fraction of sp³-hybridized carbons (Fsp3) is 0.167. The van der Waals surface area contributed by atoms with Gasteiger partial charge in [-0.1, -0.05) is 23.7 Å². The summed E-state index contributed by atoms with van der Waals surface area (Å²) in [7, 11) is 0. The molecule has 174 valence electrons. The highest BCUT2D eigenvalue weighted by Gasteiger charge is 2.19. The molecule has 34 heavy (non-hydrogen) atoms. The number of hydrogen-bond acceptors (Lipinski definition) is 4. The Morgan fingerprint density at radius 3 is 2.65 bits per heavy atom. The van der Waals surface area contributed by atoms with Crippen LogP contribution in [0.25, 0.3) is 16.9 Å². The van der Waals surface area contributed by atoms with Gasteiger partial charge < -0.3 is 14.6 Å². The van der Waals surface area contributed by atoms with E-state index in [1.54, 1.807) is 30.5 Å². The van der Waals surface area contributed by atoms with Gasteiger partial charge in [-0.05, 0) is 35.9 Å². The average Bonchev–Trinajstić information content (AvgIpc) is 3.26. The maximum absolute atomic E-state index is 12.8. The fourth-order valence-electron chi connectivity index (χ4n) is 3.52. The molecule has 0 aliphatic rings. The van der Waals surface area contributed by atoms with Gasteiger partial charge >= 0.3 is 0 Å². The first-order valence-corrected chi connectivity index (χ1v) is 10.7. The number of pyridine rings is 2. The van der Waals surface area contributed by atoms with Crippen LogP contribution in [0.15, 0.2) is 67.3 Å². The van der Waals surface area contributed by atoms with E-state index in [4.69, 9.17) is 11.6 Å². The summed E-state index contributed by atoms with van der Waals surface area (Å²) in [5, 5.41) is 2.96. The molecular weight excluding hydrogens is 464 g/mol. The number of alkyl halides is 2. The molecule has 0 fully saturated rings. The normalized spacial score (nSPS) is 11.1. The van der Waals surface area contributed by atoms with Gasteiger partial charge in [0.15, 0.2) is 0 Å². The molecular formula is C24H20ClF2N5O2. The monoisotopic (exact) mass is 483 g/mol. The van der Waals surface area contributed by atoms with E-state index in [1.165, 1.54) is 19.2 Å². The zero-order valence-electron chi connectivity index (χ0n) is 18.1. The summed E-state index contributed by atoms with van der Waals surface area (Å²) >= 11 is 6.28. The van der Waals surface area contributed by atoms with E-state index in [0.29, 0.717) is 16.9 Å². The number of fused-ring (bicyclic) bond motifs is 1. The summed E-state index contributed by atoms with van der Waals surface area (Å²) in [5.41, 5.74) is 3.59. The van der Waals surface area contributed by atoms with Crippen LogP contribution in [-0.2, 0) is 16.0 Å². The third-order valence-electron chi connectivity index (χ3n) is 5.10. The first-order chi connectivity index (χ1) is 16.3. The lowest BCUT2D eigenvalue weighted by molar-refractivity contribution is -0.117. The Hall–Kier alpha value is -3.85. The standard InChI is InChI=1S/C24H20ClF2N5O2/c1-15(33)32(14-22(26)27)21-6-3-17(11-19(21)25)20-5-4-18(12-29-20)30-24(34)10-16-2-7-23-28-8-9-31(23)13-16/h2-9,11-13,22H,10,14H2,1H3,(H,30,34). The largest absolute Gasteiger partial charge is 0.324 e. The van der Waals surface area contributed by atoms with E-state index >= 15 is 0 Å². The second-order valence-electron chi connectivity index (χ2n) is 7.57. The minimum Gasteiger partial charge on any atom is -0.324 e. The van der Waals surface area contributed by atoms with Crippen molar-refractivity contribution in [2.45, 2.75) is 19.8 Å². The van der Waals surface area contributed by atoms with E-state index in [-0.39, 0.29) is 23.0 Å². The van der Waals surface area contributed by atoms with E-state index < -0.39 is 18.9 Å². The first kappa shape index (κ1) is 23.3. The molecule has 0 saturated heterocycles. The number of imidazole rings is 1. The predicted molar refractivity (Wildman–Crippen MR) is 126 cm³/mol. The molecule has 0 aliphatic carbocycles. The van der Waals surface area contributed by atoms with Gasteiger partial charge in [0.05, 0.1) is 41.3 Å². The number of nitrogens with one attached hydrogen (secondary N) is 1. The number of hydrogen-bond donors (Lipinski definition) is 1. The van der Waals surface area contributed by atoms with Crippen molar-refractivity contribution in [3.63, 3.8) is 0 Å². The minimum absolute atomic E-state index is 0.155. The quantitative estimate of drug-likeness (QED) is 0.407. The molecule has 0 bridgehead atoms. The second kappa shape index (κ2) is 9.96. The van der Waals surface area contributed by atoms with Crippen LogP contribution >= 0.6 is 11.6 Å². The van der Waals surface area contributed by atoms with Crippen molar-refractivity contribution in [1.29, 1.82) is 0 Å². The molecule has 1 aromatic carbocycles. The van der Waals surface area contributed by atoms with Crippen molar-refractivity contribution in [3.05, 3.63) is 77.8 Å². The maximum Gasteiger partial charge on any atom is 0.256 e. The summed E-state index contributed by atoms with van der Waals surface area (Å²) in [5.74, 6) is -0.720. The van der Waals surface area contributed by atoms with Gasteiger partial charge in [0, 0.05) is 31.1 Å². The molecule has 0 aliphatic heterocycles. The zero-order chi connectivity index (χ0) is 24.2. The smallest absolute Gasteiger partial charge is 0.256 e. The molecule has 1 N–H and O–H groups in total. The maximum atomic E-state index is 12.8. The number of halogens is 3. The van der Waals surface area contributed by atoms with Gasteiger partial charge in [-0.15, -0.1) is 0 Å². The van der Waals surface area contributed by atoms with Crippen LogP contribution in [0.1, 0.15) is 12.5 Å². The fourth-order valence-corrected chi connectivity index (χ4v) is 3.80. The number of aromatic nitrogens is 3. The Bertz CT molecular complexity index is 1340. The lowest BCUT2D eigenvalue weighted by Gasteiger charge is -2.22. The number of anilines is 2. The number of carbonyl (C=O) groups is 2. The van der Waals surface area contributed by atoms with Gasteiger partial charge in [-0.25, -0.2) is 13.8 Å². The molecule has 0 atom stereocenters. The Morgan fingerprint density at radius 2 is 1.97 bits per heavy atom. The molecule has 0 saturated carbocycles. The summed E-state index contributed by atoms with van der Waals surface area (Å²) in [6.45, 7) is 0.467. The highest BCUT2D eigenvalue weighted by molar-refractivity contribution is 6.34. The molecule has 2 amide bonds. The first-order valence-electron chi connectivity index (χ1n) is 10.3. The van der Waals surface area contributed by atoms with E-state index in [2.05, 4.69) is 15.3 Å². The molecule has 4 rings (SSSR count). The summed E-state index contributed by atoms with van der Waals surface area (Å²) in [4.78, 5) is 33.6.